The molecule has 3 aromatic rings. The van der Waals surface area contributed by atoms with Crippen molar-refractivity contribution in [3.8, 4) is 11.3 Å². The summed E-state index contributed by atoms with van der Waals surface area (Å²) in [5.74, 6) is 1.02. The van der Waals surface area contributed by atoms with Crippen molar-refractivity contribution in [2.24, 2.45) is 5.73 Å². The van der Waals surface area contributed by atoms with E-state index in [1.165, 1.54) is 18.3 Å². The van der Waals surface area contributed by atoms with Gasteiger partial charge in [-0.05, 0) is 31.2 Å². The van der Waals surface area contributed by atoms with E-state index in [0.717, 1.165) is 11.5 Å². The number of carbonyl (C=O) groups is 1. The summed E-state index contributed by atoms with van der Waals surface area (Å²) >= 11 is 0. The Hall–Kier alpha value is -2.93. The van der Waals surface area contributed by atoms with E-state index in [2.05, 4.69) is 10.2 Å². The number of nitrogens with two attached hydrogens (primary N) is 1. The summed E-state index contributed by atoms with van der Waals surface area (Å²) in [5.41, 5.74) is 7.72. The molecule has 1 fully saturated rings. The minimum absolute atomic E-state index is 0.0443. The van der Waals surface area contributed by atoms with E-state index in [1.807, 2.05) is 19.1 Å². The van der Waals surface area contributed by atoms with Crippen molar-refractivity contribution < 1.29 is 13.6 Å². The Morgan fingerprint density at radius 3 is 2.92 bits per heavy atom. The number of likely N-dealkylation sites (tertiary alicyclic amines) is 1. The number of H-pyrrole nitrogens is 1. The third-order valence-corrected chi connectivity index (χ3v) is 4.76. The predicted molar refractivity (Wildman–Crippen MR) is 94.0 cm³/mol. The van der Waals surface area contributed by atoms with E-state index in [4.69, 9.17) is 10.2 Å². The van der Waals surface area contributed by atoms with Gasteiger partial charge in [0.25, 0.3) is 5.91 Å². The number of aryl methyl sites for hydroxylation is 1. The Labute approximate surface area is 149 Å². The molecule has 1 aromatic carbocycles. The van der Waals surface area contributed by atoms with Crippen molar-refractivity contribution in [1.29, 1.82) is 0 Å². The smallest absolute Gasteiger partial charge is 0.257 e. The number of furan rings is 1. The second kappa shape index (κ2) is 6.42. The molecule has 2 aromatic heterocycles. The fourth-order valence-electron chi connectivity index (χ4n) is 3.43. The van der Waals surface area contributed by atoms with Crippen molar-refractivity contribution in [3.05, 3.63) is 65.5 Å². The quantitative estimate of drug-likeness (QED) is 0.757. The van der Waals surface area contributed by atoms with E-state index in [0.29, 0.717) is 29.9 Å². The van der Waals surface area contributed by atoms with Gasteiger partial charge in [0, 0.05) is 24.7 Å². The summed E-state index contributed by atoms with van der Waals surface area (Å²) in [6, 6.07) is 9.66. The van der Waals surface area contributed by atoms with Gasteiger partial charge in [-0.15, -0.1) is 0 Å². The van der Waals surface area contributed by atoms with Crippen LogP contribution < -0.4 is 5.73 Å². The topological polar surface area (TPSA) is 88.2 Å². The summed E-state index contributed by atoms with van der Waals surface area (Å²) in [5, 5.41) is 6.77. The number of halogens is 1. The Morgan fingerprint density at radius 1 is 1.35 bits per heavy atom. The molecule has 134 valence electrons. The van der Waals surface area contributed by atoms with Crippen LogP contribution >= 0.6 is 0 Å². The van der Waals surface area contributed by atoms with Crippen LogP contribution in [0.3, 0.4) is 0 Å². The molecule has 4 rings (SSSR count). The van der Waals surface area contributed by atoms with Crippen LogP contribution in [0.2, 0.25) is 0 Å². The number of carbonyl (C=O) groups excluding carboxylic acids is 1. The van der Waals surface area contributed by atoms with Crippen molar-refractivity contribution in [2.45, 2.75) is 18.9 Å². The van der Waals surface area contributed by atoms with E-state index < -0.39 is 0 Å². The van der Waals surface area contributed by atoms with E-state index in [9.17, 15) is 9.18 Å². The molecule has 0 aliphatic carbocycles. The number of aromatic amines is 1. The molecular formula is C19H19FN4O2. The number of rotatable bonds is 3. The zero-order valence-corrected chi connectivity index (χ0v) is 14.3. The average Bonchev–Trinajstić information content (AvgIpc) is 3.33. The molecule has 1 aliphatic heterocycles. The predicted octanol–water partition coefficient (Wildman–Crippen LogP) is 2.68. The maximum absolute atomic E-state index is 13.5. The summed E-state index contributed by atoms with van der Waals surface area (Å²) in [4.78, 5) is 14.7. The van der Waals surface area contributed by atoms with Gasteiger partial charge >= 0.3 is 0 Å². The first-order valence-electron chi connectivity index (χ1n) is 8.43. The second-order valence-electron chi connectivity index (χ2n) is 6.60. The fourth-order valence-corrected chi connectivity index (χ4v) is 3.43. The lowest BCUT2D eigenvalue weighted by atomic mass is 10.0. The third-order valence-electron chi connectivity index (χ3n) is 4.76. The van der Waals surface area contributed by atoms with Gasteiger partial charge in [-0.25, -0.2) is 4.39 Å². The van der Waals surface area contributed by atoms with Crippen LogP contribution in [0.15, 0.2) is 47.0 Å². The number of hydrogen-bond acceptors (Lipinski definition) is 4. The van der Waals surface area contributed by atoms with Gasteiger partial charge in [0.2, 0.25) is 0 Å². The molecule has 3 N–H and O–H groups in total. The first kappa shape index (κ1) is 16.5. The van der Waals surface area contributed by atoms with E-state index in [1.54, 1.807) is 17.0 Å². The molecule has 2 atom stereocenters. The number of benzene rings is 1. The van der Waals surface area contributed by atoms with Crippen LogP contribution in [0, 0.1) is 12.7 Å². The highest BCUT2D eigenvalue weighted by atomic mass is 19.1. The number of nitrogens with one attached hydrogen (secondary N) is 1. The first-order valence-corrected chi connectivity index (χ1v) is 8.43. The Morgan fingerprint density at radius 2 is 2.19 bits per heavy atom. The van der Waals surface area contributed by atoms with Gasteiger partial charge < -0.3 is 15.1 Å². The van der Waals surface area contributed by atoms with Crippen molar-refractivity contribution in [3.63, 3.8) is 0 Å². The highest BCUT2D eigenvalue weighted by Gasteiger charge is 2.37. The molecule has 0 spiro atoms. The monoisotopic (exact) mass is 354 g/mol. The molecule has 6 nitrogen and oxygen atoms in total. The van der Waals surface area contributed by atoms with Gasteiger partial charge in [-0.1, -0.05) is 12.1 Å². The minimum Gasteiger partial charge on any atom is -0.466 e. The lowest BCUT2D eigenvalue weighted by molar-refractivity contribution is 0.0789. The maximum atomic E-state index is 13.5. The summed E-state index contributed by atoms with van der Waals surface area (Å²) in [7, 11) is 0. The van der Waals surface area contributed by atoms with Crippen LogP contribution in [-0.4, -0.2) is 40.1 Å². The van der Waals surface area contributed by atoms with Gasteiger partial charge in [0.05, 0.1) is 23.4 Å². The van der Waals surface area contributed by atoms with Gasteiger partial charge in [0.15, 0.2) is 0 Å². The molecule has 26 heavy (non-hydrogen) atoms. The molecule has 0 saturated carbocycles. The average molecular weight is 354 g/mol. The number of hydrogen-bond donors (Lipinski definition) is 2. The fraction of sp³-hybridized carbons (Fsp3) is 0.263. The highest BCUT2D eigenvalue weighted by molar-refractivity contribution is 6.00. The number of amides is 1. The normalized spacial score (nSPS) is 19.9. The molecule has 0 bridgehead atoms. The van der Waals surface area contributed by atoms with E-state index >= 15 is 0 Å². The molecule has 1 saturated heterocycles. The molecule has 1 amide bonds. The SMILES string of the molecule is Cc1ccc([C@H]2CN(C(=O)c3cn[nH]c3-c3cccc(F)c3)C[C@@H]2N)o1. The lowest BCUT2D eigenvalue weighted by Gasteiger charge is -2.16. The molecular weight excluding hydrogens is 335 g/mol. The van der Waals surface area contributed by atoms with Gasteiger partial charge in [-0.3, -0.25) is 9.89 Å². The Balaban J connectivity index is 1.59. The second-order valence-corrected chi connectivity index (χ2v) is 6.60. The lowest BCUT2D eigenvalue weighted by Crippen LogP contribution is -2.32. The first-order chi connectivity index (χ1) is 12.5. The van der Waals surface area contributed by atoms with Crippen LogP contribution in [0.1, 0.15) is 27.8 Å². The maximum Gasteiger partial charge on any atom is 0.257 e. The van der Waals surface area contributed by atoms with Crippen LogP contribution in [-0.2, 0) is 0 Å². The number of nitrogens with zero attached hydrogens (tertiary/aromatic N) is 2. The summed E-state index contributed by atoms with van der Waals surface area (Å²) < 4.78 is 19.2. The van der Waals surface area contributed by atoms with Crippen molar-refractivity contribution >= 4 is 5.91 Å². The molecule has 7 heteroatoms. The zero-order chi connectivity index (χ0) is 18.3. The van der Waals surface area contributed by atoms with Gasteiger partial charge in [-0.2, -0.15) is 5.10 Å². The number of aromatic nitrogens is 2. The molecule has 3 heterocycles. The van der Waals surface area contributed by atoms with Gasteiger partial charge in [0.1, 0.15) is 17.3 Å². The third kappa shape index (κ3) is 2.90. The van der Waals surface area contributed by atoms with Crippen LogP contribution in [0.4, 0.5) is 4.39 Å². The minimum atomic E-state index is -0.369. The molecule has 1 aliphatic rings. The summed E-state index contributed by atoms with van der Waals surface area (Å²) in [6.07, 6.45) is 1.47. The standard InChI is InChI=1S/C19H19FN4O2/c1-11-5-6-17(26-11)15-9-24(10-16(15)21)19(25)14-8-22-23-18(14)12-3-2-4-13(20)7-12/h2-8,15-16H,9-10,21H2,1H3,(H,22,23)/t15-,16-/m0/s1. The van der Waals surface area contributed by atoms with Crippen molar-refractivity contribution in [2.75, 3.05) is 13.1 Å². The summed E-state index contributed by atoms with van der Waals surface area (Å²) in [6.45, 7) is 2.78. The highest BCUT2D eigenvalue weighted by Crippen LogP contribution is 2.30. The Kier molecular flexibility index (Phi) is 4.08. The molecule has 0 radical (unpaired) electrons. The Bertz CT molecular complexity index is 948. The zero-order valence-electron chi connectivity index (χ0n) is 14.3. The van der Waals surface area contributed by atoms with Crippen LogP contribution in [0.25, 0.3) is 11.3 Å². The largest absolute Gasteiger partial charge is 0.466 e. The molecule has 0 unspecified atom stereocenters. The van der Waals surface area contributed by atoms with E-state index in [-0.39, 0.29) is 23.7 Å². The van der Waals surface area contributed by atoms with Crippen molar-refractivity contribution in [1.82, 2.24) is 15.1 Å². The van der Waals surface area contributed by atoms with Crippen LogP contribution in [0.5, 0.6) is 0 Å².